The molecule has 0 aliphatic carbocycles. The number of hydrogen-bond donors (Lipinski definition) is 2. The lowest BCUT2D eigenvalue weighted by atomic mass is 9.99. The van der Waals surface area contributed by atoms with Crippen LogP contribution in [0.5, 0.6) is 0 Å². The molecular formula is C19H24BrN3O3. The lowest BCUT2D eigenvalue weighted by Gasteiger charge is -2.16. The van der Waals surface area contributed by atoms with E-state index >= 15 is 0 Å². The van der Waals surface area contributed by atoms with Gasteiger partial charge in [0, 0.05) is 6.54 Å². The van der Waals surface area contributed by atoms with Crippen molar-refractivity contribution in [3.8, 4) is 0 Å². The number of nitrogens with one attached hydrogen (secondary N) is 2. The van der Waals surface area contributed by atoms with Gasteiger partial charge >= 0.3 is 5.97 Å². The number of esters is 1. The van der Waals surface area contributed by atoms with E-state index in [2.05, 4.69) is 31.4 Å². The van der Waals surface area contributed by atoms with E-state index in [-0.39, 0.29) is 30.0 Å². The smallest absolute Gasteiger partial charge is 0.311 e. The average molecular weight is 422 g/mol. The minimum atomic E-state index is -0.455. The Hall–Kier alpha value is -2.15. The molecular weight excluding hydrogens is 398 g/mol. The Morgan fingerprint density at radius 2 is 1.96 bits per heavy atom. The highest BCUT2D eigenvalue weighted by Crippen LogP contribution is 2.25. The van der Waals surface area contributed by atoms with Gasteiger partial charge in [0.2, 0.25) is 0 Å². The molecule has 0 fully saturated rings. The van der Waals surface area contributed by atoms with Crippen LogP contribution in [0.4, 0.5) is 0 Å². The first-order chi connectivity index (χ1) is 12.4. The third-order valence-corrected chi connectivity index (χ3v) is 4.78. The van der Waals surface area contributed by atoms with E-state index in [1.165, 1.54) is 0 Å². The predicted molar refractivity (Wildman–Crippen MR) is 103 cm³/mol. The number of halogens is 1. The van der Waals surface area contributed by atoms with Crippen LogP contribution < -0.4 is 5.32 Å². The fraction of sp³-hybridized carbons (Fsp3) is 0.421. The number of amides is 1. The Balaban J connectivity index is 2.06. The maximum Gasteiger partial charge on any atom is 0.311 e. The third-order valence-electron chi connectivity index (χ3n) is 3.98. The molecule has 1 unspecified atom stereocenters. The molecule has 0 bridgehead atoms. The van der Waals surface area contributed by atoms with Crippen LogP contribution in [0.3, 0.4) is 0 Å². The van der Waals surface area contributed by atoms with E-state index < -0.39 is 5.92 Å². The molecule has 6 nitrogen and oxygen atoms in total. The van der Waals surface area contributed by atoms with E-state index in [0.717, 1.165) is 11.3 Å². The van der Waals surface area contributed by atoms with Crippen LogP contribution in [-0.2, 0) is 16.0 Å². The number of carbonyl (C=O) groups excluding carboxylic acids is 2. The number of aromatic nitrogens is 2. The standard InChI is InChI=1S/C19H24BrN3O3/c1-4-26-19(25)14(10-13-8-6-5-7-9-13)11-21-18(24)17-15(20)16(12(2)3)22-23-17/h5-9,12,14H,4,10-11H2,1-3H3,(H,21,24)(H,22,23). The summed E-state index contributed by atoms with van der Waals surface area (Å²) in [5.74, 6) is -0.893. The summed E-state index contributed by atoms with van der Waals surface area (Å²) in [6, 6.07) is 9.67. The second-order valence-electron chi connectivity index (χ2n) is 6.30. The molecule has 140 valence electrons. The van der Waals surface area contributed by atoms with Gasteiger partial charge in [0.25, 0.3) is 5.91 Å². The number of carbonyl (C=O) groups is 2. The number of aromatic amines is 1. The minimum Gasteiger partial charge on any atom is -0.466 e. The lowest BCUT2D eigenvalue weighted by molar-refractivity contribution is -0.147. The second-order valence-corrected chi connectivity index (χ2v) is 7.10. The van der Waals surface area contributed by atoms with Crippen molar-refractivity contribution < 1.29 is 14.3 Å². The van der Waals surface area contributed by atoms with E-state index in [1.54, 1.807) is 6.92 Å². The number of nitrogens with zero attached hydrogens (tertiary/aromatic N) is 1. The fourth-order valence-electron chi connectivity index (χ4n) is 2.57. The molecule has 0 spiro atoms. The van der Waals surface area contributed by atoms with Crippen LogP contribution in [0.1, 0.15) is 48.4 Å². The first-order valence-electron chi connectivity index (χ1n) is 8.66. The molecule has 2 rings (SSSR count). The van der Waals surface area contributed by atoms with Gasteiger partial charge < -0.3 is 10.1 Å². The SMILES string of the molecule is CCOC(=O)C(CNC(=O)c1n[nH]c(C(C)C)c1Br)Cc1ccccc1. The van der Waals surface area contributed by atoms with Gasteiger partial charge in [-0.15, -0.1) is 0 Å². The highest BCUT2D eigenvalue weighted by Gasteiger charge is 2.24. The van der Waals surface area contributed by atoms with Gasteiger partial charge in [-0.05, 0) is 40.8 Å². The Bertz CT molecular complexity index is 744. The lowest BCUT2D eigenvalue weighted by Crippen LogP contribution is -2.35. The van der Waals surface area contributed by atoms with Gasteiger partial charge in [0.05, 0.1) is 22.7 Å². The topological polar surface area (TPSA) is 84.1 Å². The van der Waals surface area contributed by atoms with Crippen molar-refractivity contribution >= 4 is 27.8 Å². The molecule has 1 heterocycles. The molecule has 2 aromatic rings. The molecule has 1 atom stereocenters. The molecule has 0 aliphatic heterocycles. The molecule has 0 saturated carbocycles. The zero-order valence-electron chi connectivity index (χ0n) is 15.2. The molecule has 26 heavy (non-hydrogen) atoms. The van der Waals surface area contributed by atoms with E-state index in [4.69, 9.17) is 4.74 Å². The number of hydrogen-bond acceptors (Lipinski definition) is 4. The minimum absolute atomic E-state index is 0.183. The summed E-state index contributed by atoms with van der Waals surface area (Å²) in [5, 5.41) is 9.75. The first kappa shape index (κ1) is 20.2. The summed E-state index contributed by atoms with van der Waals surface area (Å²) in [7, 11) is 0. The Morgan fingerprint density at radius 3 is 2.54 bits per heavy atom. The van der Waals surface area contributed by atoms with Crippen LogP contribution in [0.2, 0.25) is 0 Å². The number of rotatable bonds is 8. The maximum atomic E-state index is 12.5. The molecule has 0 aliphatic rings. The van der Waals surface area contributed by atoms with Crippen LogP contribution in [0.25, 0.3) is 0 Å². The van der Waals surface area contributed by atoms with E-state index in [9.17, 15) is 9.59 Å². The van der Waals surface area contributed by atoms with Crippen LogP contribution in [-0.4, -0.2) is 35.2 Å². The summed E-state index contributed by atoms with van der Waals surface area (Å²) in [4.78, 5) is 24.7. The number of ether oxygens (including phenoxy) is 1. The summed E-state index contributed by atoms with van der Waals surface area (Å²) in [6.45, 7) is 6.28. The van der Waals surface area contributed by atoms with Gasteiger partial charge in [-0.1, -0.05) is 44.2 Å². The Labute approximate surface area is 161 Å². The van der Waals surface area contributed by atoms with Crippen LogP contribution >= 0.6 is 15.9 Å². The molecule has 0 saturated heterocycles. The molecule has 1 amide bonds. The Morgan fingerprint density at radius 1 is 1.27 bits per heavy atom. The summed E-state index contributed by atoms with van der Waals surface area (Å²) >= 11 is 3.42. The normalized spacial score (nSPS) is 12.0. The van der Waals surface area contributed by atoms with Crippen molar-refractivity contribution in [2.45, 2.75) is 33.1 Å². The van der Waals surface area contributed by atoms with Crippen molar-refractivity contribution in [2.24, 2.45) is 5.92 Å². The zero-order chi connectivity index (χ0) is 19.1. The number of H-pyrrole nitrogens is 1. The first-order valence-corrected chi connectivity index (χ1v) is 9.45. The van der Waals surface area contributed by atoms with E-state index in [1.807, 2.05) is 44.2 Å². The zero-order valence-corrected chi connectivity index (χ0v) is 16.8. The van der Waals surface area contributed by atoms with Gasteiger partial charge in [0.15, 0.2) is 5.69 Å². The van der Waals surface area contributed by atoms with Crippen LogP contribution in [0.15, 0.2) is 34.8 Å². The van der Waals surface area contributed by atoms with Gasteiger partial charge in [-0.3, -0.25) is 14.7 Å². The summed E-state index contributed by atoms with van der Waals surface area (Å²) < 4.78 is 5.81. The largest absolute Gasteiger partial charge is 0.466 e. The maximum absolute atomic E-state index is 12.5. The summed E-state index contributed by atoms with van der Waals surface area (Å²) in [5.41, 5.74) is 2.17. The quantitative estimate of drug-likeness (QED) is 0.639. The second kappa shape index (κ2) is 9.52. The molecule has 2 N–H and O–H groups in total. The third kappa shape index (κ3) is 5.17. The highest BCUT2D eigenvalue weighted by molar-refractivity contribution is 9.10. The molecule has 1 aromatic heterocycles. The monoisotopic (exact) mass is 421 g/mol. The van der Waals surface area contributed by atoms with Crippen molar-refractivity contribution in [1.29, 1.82) is 0 Å². The molecule has 1 aromatic carbocycles. The van der Waals surface area contributed by atoms with E-state index in [0.29, 0.717) is 17.5 Å². The molecule has 7 heteroatoms. The van der Waals surface area contributed by atoms with Gasteiger partial charge in [-0.25, -0.2) is 0 Å². The van der Waals surface area contributed by atoms with Gasteiger partial charge in [-0.2, -0.15) is 5.10 Å². The predicted octanol–water partition coefficient (Wildman–Crippen LogP) is 3.45. The highest BCUT2D eigenvalue weighted by atomic mass is 79.9. The van der Waals surface area contributed by atoms with Crippen molar-refractivity contribution in [2.75, 3.05) is 13.2 Å². The number of benzene rings is 1. The van der Waals surface area contributed by atoms with Crippen molar-refractivity contribution in [1.82, 2.24) is 15.5 Å². The van der Waals surface area contributed by atoms with Crippen molar-refractivity contribution in [3.63, 3.8) is 0 Å². The van der Waals surface area contributed by atoms with Crippen molar-refractivity contribution in [3.05, 3.63) is 51.8 Å². The van der Waals surface area contributed by atoms with Crippen LogP contribution in [0, 0.1) is 5.92 Å². The fourth-order valence-corrected chi connectivity index (χ4v) is 3.39. The van der Waals surface area contributed by atoms with Gasteiger partial charge in [0.1, 0.15) is 0 Å². The average Bonchev–Trinajstić information content (AvgIpc) is 3.01. The molecule has 0 radical (unpaired) electrons. The Kier molecular flexibility index (Phi) is 7.38. The summed E-state index contributed by atoms with van der Waals surface area (Å²) in [6.07, 6.45) is 0.499.